The van der Waals surface area contributed by atoms with E-state index in [0.29, 0.717) is 0 Å². The molecule has 0 saturated heterocycles. The molecule has 0 fully saturated rings. The van der Waals surface area contributed by atoms with Crippen LogP contribution in [0.1, 0.15) is 5.50 Å². The topological polar surface area (TPSA) is 44.1 Å². The average molecular weight is 229 g/mol. The predicted molar refractivity (Wildman–Crippen MR) is 48.5 cm³/mol. The van der Waals surface area contributed by atoms with Crippen molar-refractivity contribution in [2.24, 2.45) is 0 Å². The van der Waals surface area contributed by atoms with Crippen molar-refractivity contribution in [2.75, 3.05) is 13.0 Å². The third-order valence-corrected chi connectivity index (χ3v) is 2.69. The number of nitrogens with zero attached hydrogens (tertiary/aromatic N) is 2. The van der Waals surface area contributed by atoms with Gasteiger partial charge < -0.3 is 4.74 Å². The van der Waals surface area contributed by atoms with E-state index in [1.807, 2.05) is 0 Å². The summed E-state index contributed by atoms with van der Waals surface area (Å²) < 4.78 is 5.85. The lowest BCUT2D eigenvalue weighted by molar-refractivity contribution is 0.396. The maximum absolute atomic E-state index is 11.1. The van der Waals surface area contributed by atoms with E-state index in [1.54, 1.807) is 0 Å². The van der Waals surface area contributed by atoms with Crippen LogP contribution in [0.25, 0.3) is 0 Å². The molecule has 1 aromatic heterocycles. The van der Waals surface area contributed by atoms with Crippen molar-refractivity contribution < 1.29 is 4.74 Å². The first-order valence-electron chi connectivity index (χ1n) is 3.02. The lowest BCUT2D eigenvalue weighted by Gasteiger charge is -2.01. The highest BCUT2D eigenvalue weighted by atomic mass is 35.5. The zero-order valence-electron chi connectivity index (χ0n) is 6.16. The van der Waals surface area contributed by atoms with Crippen LogP contribution in [-0.2, 0) is 0 Å². The van der Waals surface area contributed by atoms with Gasteiger partial charge in [-0.3, -0.25) is 4.79 Å². The lowest BCUT2D eigenvalue weighted by Crippen LogP contribution is -2.18. The Morgan fingerprint density at radius 3 is 2.92 bits per heavy atom. The summed E-state index contributed by atoms with van der Waals surface area (Å²) in [6.07, 6.45) is 0. The first kappa shape index (κ1) is 9.83. The van der Waals surface area contributed by atoms with Gasteiger partial charge in [0.15, 0.2) is 0 Å². The van der Waals surface area contributed by atoms with Crippen molar-refractivity contribution in [2.45, 2.75) is 5.50 Å². The molecule has 68 valence electrons. The number of hydrogen-bond donors (Lipinski definition) is 0. The van der Waals surface area contributed by atoms with Crippen molar-refractivity contribution in [3.63, 3.8) is 0 Å². The number of hydrogen-bond acceptors (Lipinski definition) is 4. The summed E-state index contributed by atoms with van der Waals surface area (Å²) in [5.74, 6) is 0.133. The quantitative estimate of drug-likeness (QED) is 0.733. The van der Waals surface area contributed by atoms with E-state index in [0.717, 1.165) is 16.0 Å². The van der Waals surface area contributed by atoms with Crippen molar-refractivity contribution in [3.05, 3.63) is 9.67 Å². The monoisotopic (exact) mass is 228 g/mol. The Morgan fingerprint density at radius 1 is 1.83 bits per heavy atom. The van der Waals surface area contributed by atoms with Crippen molar-refractivity contribution in [1.82, 2.24) is 9.78 Å². The van der Waals surface area contributed by atoms with Crippen molar-refractivity contribution in [1.29, 1.82) is 0 Å². The summed E-state index contributed by atoms with van der Waals surface area (Å²) in [6.45, 7) is 0. The Balaban J connectivity index is 2.99. The molecule has 0 aromatic carbocycles. The zero-order chi connectivity index (χ0) is 9.14. The number of alkyl halides is 2. The first-order chi connectivity index (χ1) is 5.69. The summed E-state index contributed by atoms with van der Waals surface area (Å²) in [5.41, 5.74) is -0.612. The zero-order valence-corrected chi connectivity index (χ0v) is 8.49. The van der Waals surface area contributed by atoms with Crippen molar-refractivity contribution in [3.8, 4) is 5.19 Å². The standard InChI is InChI=1S/C5H6Cl2N2O2S/c1-11-4-8-9(3(7)2-6)5(10)12-4/h3H,2H2,1H3. The van der Waals surface area contributed by atoms with E-state index >= 15 is 0 Å². The summed E-state index contributed by atoms with van der Waals surface area (Å²) >= 11 is 12.0. The molecule has 0 N–H and O–H groups in total. The average Bonchev–Trinajstić information content (AvgIpc) is 2.45. The second-order valence-corrected chi connectivity index (χ2v) is 3.59. The Bertz CT molecular complexity index is 311. The molecule has 1 heterocycles. The SMILES string of the molecule is COc1nn(C(Cl)CCl)c(=O)s1. The van der Waals surface area contributed by atoms with Gasteiger partial charge in [0, 0.05) is 0 Å². The van der Waals surface area contributed by atoms with Crippen LogP contribution in [0.5, 0.6) is 5.19 Å². The molecule has 0 radical (unpaired) electrons. The normalized spacial score (nSPS) is 12.9. The minimum absolute atomic E-state index is 0.133. The number of aromatic nitrogens is 2. The maximum atomic E-state index is 11.1. The Morgan fingerprint density at radius 2 is 2.50 bits per heavy atom. The van der Waals surface area contributed by atoms with Gasteiger partial charge in [-0.1, -0.05) is 11.6 Å². The van der Waals surface area contributed by atoms with Gasteiger partial charge in [0.2, 0.25) is 0 Å². The molecule has 0 aliphatic heterocycles. The van der Waals surface area contributed by atoms with Crippen LogP contribution >= 0.6 is 34.5 Å². The van der Waals surface area contributed by atoms with Gasteiger partial charge in [-0.05, 0) is 11.3 Å². The molecule has 1 rings (SSSR count). The Hall–Kier alpha value is -0.260. The summed E-state index contributed by atoms with van der Waals surface area (Å²) in [6, 6.07) is 0. The van der Waals surface area contributed by atoms with Gasteiger partial charge in [0.25, 0.3) is 5.19 Å². The molecule has 0 saturated carbocycles. The molecular weight excluding hydrogens is 223 g/mol. The van der Waals surface area contributed by atoms with E-state index in [2.05, 4.69) is 5.10 Å². The number of methoxy groups -OCH3 is 1. The van der Waals surface area contributed by atoms with E-state index in [1.165, 1.54) is 7.11 Å². The van der Waals surface area contributed by atoms with Gasteiger partial charge in [-0.15, -0.1) is 16.7 Å². The third-order valence-electron chi connectivity index (χ3n) is 1.12. The van der Waals surface area contributed by atoms with E-state index < -0.39 is 5.50 Å². The first-order valence-corrected chi connectivity index (χ1v) is 4.81. The second-order valence-electron chi connectivity index (χ2n) is 1.87. The van der Waals surface area contributed by atoms with E-state index in [9.17, 15) is 4.79 Å². The summed E-state index contributed by atoms with van der Waals surface area (Å²) in [7, 11) is 1.44. The van der Waals surface area contributed by atoms with Crippen LogP contribution in [0.2, 0.25) is 0 Å². The van der Waals surface area contributed by atoms with Gasteiger partial charge in [-0.2, -0.15) is 4.68 Å². The molecule has 1 atom stereocenters. The van der Waals surface area contributed by atoms with Crippen LogP contribution < -0.4 is 9.61 Å². The highest BCUT2D eigenvalue weighted by Gasteiger charge is 2.12. The number of ether oxygens (including phenoxy) is 1. The maximum Gasteiger partial charge on any atom is 0.329 e. The fourth-order valence-electron chi connectivity index (χ4n) is 0.596. The fourth-order valence-corrected chi connectivity index (χ4v) is 1.54. The van der Waals surface area contributed by atoms with E-state index in [-0.39, 0.29) is 15.9 Å². The molecule has 1 aromatic rings. The fraction of sp³-hybridized carbons (Fsp3) is 0.600. The molecular formula is C5H6Cl2N2O2S. The van der Waals surface area contributed by atoms with Crippen LogP contribution in [-0.4, -0.2) is 22.8 Å². The molecule has 0 spiro atoms. The lowest BCUT2D eigenvalue weighted by atomic mass is 10.7. The molecule has 12 heavy (non-hydrogen) atoms. The summed E-state index contributed by atoms with van der Waals surface area (Å²) in [4.78, 5) is 10.8. The molecule has 0 bridgehead atoms. The number of rotatable bonds is 3. The minimum atomic E-state index is -0.612. The smallest absolute Gasteiger partial charge is 0.329 e. The highest BCUT2D eigenvalue weighted by Crippen LogP contribution is 2.15. The Kier molecular flexibility index (Phi) is 3.37. The largest absolute Gasteiger partial charge is 0.472 e. The van der Waals surface area contributed by atoms with Crippen molar-refractivity contribution >= 4 is 34.5 Å². The van der Waals surface area contributed by atoms with Crippen LogP contribution in [0.3, 0.4) is 0 Å². The van der Waals surface area contributed by atoms with Crippen LogP contribution in [0, 0.1) is 0 Å². The van der Waals surface area contributed by atoms with Crippen LogP contribution in [0.15, 0.2) is 4.79 Å². The van der Waals surface area contributed by atoms with Gasteiger partial charge in [0.1, 0.15) is 5.50 Å². The molecule has 0 aliphatic carbocycles. The van der Waals surface area contributed by atoms with Gasteiger partial charge in [0.05, 0.1) is 13.0 Å². The molecule has 7 heteroatoms. The van der Waals surface area contributed by atoms with Crippen LogP contribution in [0.4, 0.5) is 0 Å². The summed E-state index contributed by atoms with van der Waals surface area (Å²) in [5, 5.41) is 4.07. The second kappa shape index (κ2) is 4.11. The number of halogens is 2. The van der Waals surface area contributed by atoms with Gasteiger partial charge in [-0.25, -0.2) is 0 Å². The molecule has 0 amide bonds. The molecule has 4 nitrogen and oxygen atoms in total. The Labute approximate surface area is 82.7 Å². The molecule has 0 aliphatic rings. The minimum Gasteiger partial charge on any atom is -0.472 e. The van der Waals surface area contributed by atoms with Gasteiger partial charge >= 0.3 is 4.87 Å². The predicted octanol–water partition coefficient (Wildman–Crippen LogP) is 1.29. The molecule has 1 unspecified atom stereocenters. The highest BCUT2D eigenvalue weighted by molar-refractivity contribution is 7.10. The van der Waals surface area contributed by atoms with E-state index in [4.69, 9.17) is 27.9 Å². The third kappa shape index (κ3) is 1.91.